The molecule has 0 atom stereocenters. The van der Waals surface area contributed by atoms with Gasteiger partial charge in [0.05, 0.1) is 28.6 Å². The molecule has 4 heterocycles. The van der Waals surface area contributed by atoms with Crippen LogP contribution in [0.3, 0.4) is 0 Å². The normalized spacial score (nSPS) is 17.6. The number of sulfone groups is 1. The molecule has 0 unspecified atom stereocenters. The minimum Gasteiger partial charge on any atom is -0.354 e. The highest BCUT2D eigenvalue weighted by Crippen LogP contribution is 2.30. The molecule has 2 fully saturated rings. The summed E-state index contributed by atoms with van der Waals surface area (Å²) in [6.07, 6.45) is 4.76. The molecule has 168 valence electrons. The number of halogens is 1. The molecule has 9 nitrogen and oxygen atoms in total. The summed E-state index contributed by atoms with van der Waals surface area (Å²) in [7, 11) is -3.08. The maximum absolute atomic E-state index is 13.9. The number of aromatic nitrogens is 5. The van der Waals surface area contributed by atoms with Crippen molar-refractivity contribution in [3.8, 4) is 5.82 Å². The van der Waals surface area contributed by atoms with Crippen LogP contribution in [0.4, 0.5) is 10.2 Å². The summed E-state index contributed by atoms with van der Waals surface area (Å²) in [6, 6.07) is 8.46. The molecule has 11 heteroatoms. The van der Waals surface area contributed by atoms with Crippen LogP contribution in [0.5, 0.6) is 0 Å². The Hall–Kier alpha value is -2.92. The molecule has 0 bridgehead atoms. The van der Waals surface area contributed by atoms with Crippen molar-refractivity contribution in [3.63, 3.8) is 0 Å². The molecule has 0 aromatic carbocycles. The molecule has 1 aliphatic heterocycles. The standard InChI is InChI=1S/C21H24FN7O2S/c22-19-4-2-8-23-21(19)29-14-17(25-26-29)13-27-9-11-28(12-10-27)20-5-1-3-16(24-20)15-32(30,31)18-6-7-18/h1-5,8,14,18H,6-7,9-13,15H2. The summed E-state index contributed by atoms with van der Waals surface area (Å²) in [4.78, 5) is 13.0. The highest BCUT2D eigenvalue weighted by Gasteiger charge is 2.35. The second-order valence-corrected chi connectivity index (χ2v) is 10.5. The van der Waals surface area contributed by atoms with Gasteiger partial charge >= 0.3 is 0 Å². The lowest BCUT2D eigenvalue weighted by Crippen LogP contribution is -2.46. The van der Waals surface area contributed by atoms with E-state index >= 15 is 0 Å². The average Bonchev–Trinajstić information content (AvgIpc) is 3.56. The van der Waals surface area contributed by atoms with Gasteiger partial charge in [-0.25, -0.2) is 22.8 Å². The molecule has 3 aromatic rings. The van der Waals surface area contributed by atoms with Crippen LogP contribution in [0.1, 0.15) is 24.2 Å². The Kier molecular flexibility index (Phi) is 5.60. The number of hydrogen-bond acceptors (Lipinski definition) is 8. The summed E-state index contributed by atoms with van der Waals surface area (Å²) in [6.45, 7) is 3.76. The minimum atomic E-state index is -3.08. The Morgan fingerprint density at radius 1 is 1.03 bits per heavy atom. The predicted molar refractivity (Wildman–Crippen MR) is 116 cm³/mol. The van der Waals surface area contributed by atoms with Gasteiger partial charge in [-0.1, -0.05) is 11.3 Å². The van der Waals surface area contributed by atoms with Crippen molar-refractivity contribution in [2.75, 3.05) is 31.1 Å². The molecular weight excluding hydrogens is 433 g/mol. The van der Waals surface area contributed by atoms with Crippen LogP contribution in [0.15, 0.2) is 42.7 Å². The van der Waals surface area contributed by atoms with Crippen molar-refractivity contribution in [2.45, 2.75) is 30.4 Å². The van der Waals surface area contributed by atoms with Gasteiger partial charge in [0.25, 0.3) is 0 Å². The fraction of sp³-hybridized carbons (Fsp3) is 0.429. The van der Waals surface area contributed by atoms with Gasteiger partial charge in [0.15, 0.2) is 21.5 Å². The second kappa shape index (κ2) is 8.55. The van der Waals surface area contributed by atoms with Gasteiger partial charge in [-0.15, -0.1) is 5.10 Å². The van der Waals surface area contributed by atoms with E-state index in [9.17, 15) is 12.8 Å². The highest BCUT2D eigenvalue weighted by atomic mass is 32.2. The molecule has 1 aliphatic carbocycles. The molecule has 0 radical (unpaired) electrons. The van der Waals surface area contributed by atoms with E-state index in [0.29, 0.717) is 12.2 Å². The number of rotatable bonds is 7. The molecule has 0 N–H and O–H groups in total. The van der Waals surface area contributed by atoms with E-state index in [0.717, 1.165) is 50.5 Å². The lowest BCUT2D eigenvalue weighted by Gasteiger charge is -2.35. The Labute approximate surface area is 185 Å². The highest BCUT2D eigenvalue weighted by molar-refractivity contribution is 7.91. The number of pyridine rings is 2. The zero-order chi connectivity index (χ0) is 22.1. The third-order valence-electron chi connectivity index (χ3n) is 5.75. The number of anilines is 1. The van der Waals surface area contributed by atoms with Gasteiger partial charge < -0.3 is 4.90 Å². The van der Waals surface area contributed by atoms with Crippen LogP contribution in [-0.2, 0) is 22.1 Å². The van der Waals surface area contributed by atoms with Crippen molar-refractivity contribution >= 4 is 15.7 Å². The quantitative estimate of drug-likeness (QED) is 0.528. The summed E-state index contributed by atoms with van der Waals surface area (Å²) in [5.74, 6) is 0.505. The van der Waals surface area contributed by atoms with E-state index in [1.807, 2.05) is 12.1 Å². The van der Waals surface area contributed by atoms with Crippen LogP contribution in [0, 0.1) is 5.82 Å². The lowest BCUT2D eigenvalue weighted by atomic mass is 10.2. The first-order valence-electron chi connectivity index (χ1n) is 10.6. The first kappa shape index (κ1) is 21.0. The van der Waals surface area contributed by atoms with Gasteiger partial charge in [0.2, 0.25) is 0 Å². The van der Waals surface area contributed by atoms with Crippen LogP contribution < -0.4 is 4.90 Å². The summed E-state index contributed by atoms with van der Waals surface area (Å²) >= 11 is 0. The van der Waals surface area contributed by atoms with E-state index in [4.69, 9.17) is 0 Å². The smallest absolute Gasteiger partial charge is 0.191 e. The van der Waals surface area contributed by atoms with Crippen LogP contribution in [-0.4, -0.2) is 69.7 Å². The maximum atomic E-state index is 13.9. The van der Waals surface area contributed by atoms with Crippen molar-refractivity contribution in [1.82, 2.24) is 29.9 Å². The van der Waals surface area contributed by atoms with E-state index < -0.39 is 15.7 Å². The fourth-order valence-electron chi connectivity index (χ4n) is 3.86. The van der Waals surface area contributed by atoms with Crippen molar-refractivity contribution in [2.24, 2.45) is 0 Å². The van der Waals surface area contributed by atoms with Crippen molar-refractivity contribution in [1.29, 1.82) is 0 Å². The molecule has 2 aliphatic rings. The Bertz CT molecular complexity index is 1200. The summed E-state index contributed by atoms with van der Waals surface area (Å²) in [5.41, 5.74) is 1.35. The zero-order valence-corrected chi connectivity index (χ0v) is 18.3. The van der Waals surface area contributed by atoms with Gasteiger partial charge in [0, 0.05) is 38.9 Å². The Morgan fingerprint density at radius 3 is 2.59 bits per heavy atom. The molecule has 32 heavy (non-hydrogen) atoms. The molecule has 0 amide bonds. The van der Waals surface area contributed by atoms with Crippen LogP contribution in [0.2, 0.25) is 0 Å². The molecule has 0 spiro atoms. The van der Waals surface area contributed by atoms with E-state index in [1.54, 1.807) is 12.3 Å². The third-order valence-corrected chi connectivity index (χ3v) is 7.94. The van der Waals surface area contributed by atoms with Crippen molar-refractivity contribution < 1.29 is 12.8 Å². The Morgan fingerprint density at radius 2 is 1.84 bits per heavy atom. The van der Waals surface area contributed by atoms with Crippen molar-refractivity contribution in [3.05, 3.63) is 59.9 Å². The molecular formula is C21H24FN7O2S. The fourth-order valence-corrected chi connectivity index (χ4v) is 5.52. The average molecular weight is 458 g/mol. The summed E-state index contributed by atoms with van der Waals surface area (Å²) < 4.78 is 39.8. The van der Waals surface area contributed by atoms with Gasteiger partial charge in [0.1, 0.15) is 5.82 Å². The van der Waals surface area contributed by atoms with E-state index in [-0.39, 0.29) is 16.8 Å². The molecule has 1 saturated carbocycles. The molecule has 3 aromatic heterocycles. The number of nitrogens with zero attached hydrogens (tertiary/aromatic N) is 7. The van der Waals surface area contributed by atoms with E-state index in [1.165, 1.54) is 23.0 Å². The minimum absolute atomic E-state index is 0.0119. The molecule has 5 rings (SSSR count). The van der Waals surface area contributed by atoms with Gasteiger partial charge in [-0.3, -0.25) is 4.90 Å². The van der Waals surface area contributed by atoms with E-state index in [2.05, 4.69) is 30.1 Å². The van der Waals surface area contributed by atoms with Gasteiger partial charge in [-0.05, 0) is 37.1 Å². The number of piperazine rings is 1. The second-order valence-electron chi connectivity index (χ2n) is 8.22. The van der Waals surface area contributed by atoms with Crippen LogP contribution >= 0.6 is 0 Å². The zero-order valence-electron chi connectivity index (χ0n) is 17.5. The lowest BCUT2D eigenvalue weighted by molar-refractivity contribution is 0.246. The Balaban J connectivity index is 1.18. The van der Waals surface area contributed by atoms with Gasteiger partial charge in [-0.2, -0.15) is 4.68 Å². The monoisotopic (exact) mass is 457 g/mol. The molecule has 1 saturated heterocycles. The first-order chi connectivity index (χ1) is 15.5. The van der Waals surface area contributed by atoms with Crippen LogP contribution in [0.25, 0.3) is 5.82 Å². The first-order valence-corrected chi connectivity index (χ1v) is 12.4. The SMILES string of the molecule is O=S(=O)(Cc1cccc(N2CCN(Cc3cn(-c4ncccc4F)nn3)CC2)n1)C1CC1. The predicted octanol–water partition coefficient (Wildman–Crippen LogP) is 1.60. The maximum Gasteiger partial charge on any atom is 0.191 e. The largest absolute Gasteiger partial charge is 0.354 e. The number of hydrogen-bond donors (Lipinski definition) is 0. The summed E-state index contributed by atoms with van der Waals surface area (Å²) in [5, 5.41) is 7.97. The third kappa shape index (κ3) is 4.63. The topological polar surface area (TPSA) is 97.1 Å².